The fraction of sp³-hybridized carbons (Fsp3) is 0.647. The largest absolute Gasteiger partial charge is 0.377 e. The van der Waals surface area contributed by atoms with Crippen molar-refractivity contribution >= 4 is 11.8 Å². The van der Waals surface area contributed by atoms with Crippen LogP contribution in [0.25, 0.3) is 0 Å². The van der Waals surface area contributed by atoms with Gasteiger partial charge in [0.1, 0.15) is 0 Å². The minimum absolute atomic E-state index is 0.166. The summed E-state index contributed by atoms with van der Waals surface area (Å²) in [6.45, 7) is 10.7. The molecule has 0 spiro atoms. The number of benzene rings is 1. The first kappa shape index (κ1) is 15.9. The Bertz CT molecular complexity index is 433. The fourth-order valence-corrected chi connectivity index (χ4v) is 3.35. The fourth-order valence-electron chi connectivity index (χ4n) is 2.28. The second kappa shape index (κ2) is 6.97. The van der Waals surface area contributed by atoms with E-state index in [1.807, 2.05) is 11.8 Å². The molecule has 0 aliphatic carbocycles. The van der Waals surface area contributed by atoms with Crippen LogP contribution in [0, 0.1) is 6.92 Å². The number of rotatable bonds is 5. The molecule has 1 atom stereocenters. The standard InChI is InChI=1S/C17H27NOS/c1-13-10-16(20-12-15-6-5-9-19-15)8-7-14(13)11-18-17(2,3)4/h7-8,10,15,18H,5-6,9,11-12H2,1-4H3. The summed E-state index contributed by atoms with van der Waals surface area (Å²) in [5, 5.41) is 3.55. The lowest BCUT2D eigenvalue weighted by atomic mass is 10.1. The second-order valence-electron chi connectivity index (χ2n) is 6.64. The maximum atomic E-state index is 5.67. The van der Waals surface area contributed by atoms with E-state index in [-0.39, 0.29) is 5.54 Å². The van der Waals surface area contributed by atoms with E-state index in [1.54, 1.807) is 0 Å². The topological polar surface area (TPSA) is 21.3 Å². The van der Waals surface area contributed by atoms with E-state index in [0.29, 0.717) is 6.10 Å². The lowest BCUT2D eigenvalue weighted by Gasteiger charge is -2.21. The summed E-state index contributed by atoms with van der Waals surface area (Å²) >= 11 is 1.92. The summed E-state index contributed by atoms with van der Waals surface area (Å²) in [4.78, 5) is 1.36. The van der Waals surface area contributed by atoms with Gasteiger partial charge in [0, 0.05) is 29.3 Å². The highest BCUT2D eigenvalue weighted by Gasteiger charge is 2.15. The smallest absolute Gasteiger partial charge is 0.0669 e. The molecule has 0 aromatic heterocycles. The lowest BCUT2D eigenvalue weighted by Crippen LogP contribution is -2.35. The minimum Gasteiger partial charge on any atom is -0.377 e. The number of hydrogen-bond acceptors (Lipinski definition) is 3. The van der Waals surface area contributed by atoms with Gasteiger partial charge in [-0.3, -0.25) is 0 Å². The molecular weight excluding hydrogens is 266 g/mol. The van der Waals surface area contributed by atoms with E-state index in [4.69, 9.17) is 4.74 Å². The van der Waals surface area contributed by atoms with Crippen molar-refractivity contribution in [2.45, 2.75) is 63.6 Å². The average Bonchev–Trinajstić information content (AvgIpc) is 2.87. The summed E-state index contributed by atoms with van der Waals surface area (Å²) < 4.78 is 5.67. The molecule has 1 aromatic rings. The van der Waals surface area contributed by atoms with Gasteiger partial charge in [-0.25, -0.2) is 0 Å². The van der Waals surface area contributed by atoms with Crippen molar-refractivity contribution in [3.63, 3.8) is 0 Å². The third-order valence-electron chi connectivity index (χ3n) is 3.58. The van der Waals surface area contributed by atoms with Gasteiger partial charge in [0.25, 0.3) is 0 Å². The SMILES string of the molecule is Cc1cc(SCC2CCCO2)ccc1CNC(C)(C)C. The summed E-state index contributed by atoms with van der Waals surface area (Å²) in [7, 11) is 0. The summed E-state index contributed by atoms with van der Waals surface area (Å²) in [5.74, 6) is 1.08. The van der Waals surface area contributed by atoms with E-state index in [2.05, 4.69) is 51.2 Å². The van der Waals surface area contributed by atoms with Crippen LogP contribution in [0.15, 0.2) is 23.1 Å². The van der Waals surface area contributed by atoms with Gasteiger partial charge in [-0.15, -0.1) is 11.8 Å². The molecule has 1 fully saturated rings. The molecule has 1 aliphatic rings. The Hall–Kier alpha value is -0.510. The summed E-state index contributed by atoms with van der Waals surface area (Å²) in [5.41, 5.74) is 2.93. The van der Waals surface area contributed by atoms with Crippen molar-refractivity contribution in [1.82, 2.24) is 5.32 Å². The Labute approximate surface area is 127 Å². The molecule has 2 rings (SSSR count). The van der Waals surface area contributed by atoms with Gasteiger partial charge < -0.3 is 10.1 Å². The molecule has 0 amide bonds. The maximum Gasteiger partial charge on any atom is 0.0669 e. The lowest BCUT2D eigenvalue weighted by molar-refractivity contribution is 0.129. The van der Waals surface area contributed by atoms with Crippen LogP contribution < -0.4 is 5.32 Å². The highest BCUT2D eigenvalue weighted by molar-refractivity contribution is 7.99. The molecule has 2 nitrogen and oxygen atoms in total. The normalized spacial score (nSPS) is 19.5. The van der Waals surface area contributed by atoms with Crippen LogP contribution in [0.4, 0.5) is 0 Å². The summed E-state index contributed by atoms with van der Waals surface area (Å²) in [6.07, 6.45) is 2.91. The molecule has 1 aromatic carbocycles. The Morgan fingerprint density at radius 1 is 1.35 bits per heavy atom. The Morgan fingerprint density at radius 2 is 2.15 bits per heavy atom. The molecule has 1 unspecified atom stereocenters. The first-order valence-electron chi connectivity index (χ1n) is 7.53. The van der Waals surface area contributed by atoms with Crippen molar-refractivity contribution in [3.05, 3.63) is 29.3 Å². The van der Waals surface area contributed by atoms with Gasteiger partial charge in [0.05, 0.1) is 6.10 Å². The molecule has 3 heteroatoms. The van der Waals surface area contributed by atoms with Crippen molar-refractivity contribution in [1.29, 1.82) is 0 Å². The molecule has 1 heterocycles. The van der Waals surface area contributed by atoms with Crippen LogP contribution in [0.5, 0.6) is 0 Å². The average molecular weight is 293 g/mol. The van der Waals surface area contributed by atoms with E-state index in [1.165, 1.54) is 28.9 Å². The van der Waals surface area contributed by atoms with Crippen LogP contribution in [-0.4, -0.2) is 24.0 Å². The van der Waals surface area contributed by atoms with E-state index in [0.717, 1.165) is 18.9 Å². The van der Waals surface area contributed by atoms with Crippen molar-refractivity contribution in [3.8, 4) is 0 Å². The molecule has 112 valence electrons. The van der Waals surface area contributed by atoms with Gasteiger partial charge >= 0.3 is 0 Å². The predicted octanol–water partition coefficient (Wildman–Crippen LogP) is 4.15. The first-order chi connectivity index (χ1) is 9.44. The van der Waals surface area contributed by atoms with Crippen LogP contribution >= 0.6 is 11.8 Å². The number of ether oxygens (including phenoxy) is 1. The molecule has 0 saturated carbocycles. The Balaban J connectivity index is 1.88. The van der Waals surface area contributed by atoms with Crippen LogP contribution in [0.1, 0.15) is 44.7 Å². The van der Waals surface area contributed by atoms with Crippen LogP contribution in [-0.2, 0) is 11.3 Å². The van der Waals surface area contributed by atoms with Crippen molar-refractivity contribution in [2.75, 3.05) is 12.4 Å². The van der Waals surface area contributed by atoms with Crippen LogP contribution in [0.2, 0.25) is 0 Å². The number of thioether (sulfide) groups is 1. The van der Waals surface area contributed by atoms with Crippen molar-refractivity contribution in [2.24, 2.45) is 0 Å². The van der Waals surface area contributed by atoms with Crippen molar-refractivity contribution < 1.29 is 4.74 Å². The molecule has 1 aliphatic heterocycles. The zero-order chi connectivity index (χ0) is 14.6. The molecule has 1 N–H and O–H groups in total. The maximum absolute atomic E-state index is 5.67. The zero-order valence-electron chi connectivity index (χ0n) is 13.2. The Kier molecular flexibility index (Phi) is 5.53. The predicted molar refractivity (Wildman–Crippen MR) is 87.5 cm³/mol. The third-order valence-corrected chi connectivity index (χ3v) is 4.71. The van der Waals surface area contributed by atoms with Gasteiger partial charge in [-0.05, 0) is 63.8 Å². The minimum atomic E-state index is 0.166. The first-order valence-corrected chi connectivity index (χ1v) is 8.51. The van der Waals surface area contributed by atoms with Gasteiger partial charge in [-0.2, -0.15) is 0 Å². The molecule has 1 saturated heterocycles. The highest BCUT2D eigenvalue weighted by atomic mass is 32.2. The van der Waals surface area contributed by atoms with Gasteiger partial charge in [-0.1, -0.05) is 6.07 Å². The van der Waals surface area contributed by atoms with E-state index >= 15 is 0 Å². The molecule has 0 bridgehead atoms. The second-order valence-corrected chi connectivity index (χ2v) is 7.73. The third kappa shape index (κ3) is 5.12. The Morgan fingerprint density at radius 3 is 2.75 bits per heavy atom. The zero-order valence-corrected chi connectivity index (χ0v) is 14.0. The molecule has 20 heavy (non-hydrogen) atoms. The quantitative estimate of drug-likeness (QED) is 0.824. The van der Waals surface area contributed by atoms with Gasteiger partial charge in [0.15, 0.2) is 0 Å². The number of nitrogens with one attached hydrogen (secondary N) is 1. The monoisotopic (exact) mass is 293 g/mol. The number of hydrogen-bond donors (Lipinski definition) is 1. The van der Waals surface area contributed by atoms with E-state index in [9.17, 15) is 0 Å². The highest BCUT2D eigenvalue weighted by Crippen LogP contribution is 2.25. The van der Waals surface area contributed by atoms with E-state index < -0.39 is 0 Å². The van der Waals surface area contributed by atoms with Gasteiger partial charge in [0.2, 0.25) is 0 Å². The van der Waals surface area contributed by atoms with Crippen LogP contribution in [0.3, 0.4) is 0 Å². The molecular formula is C17H27NOS. The summed E-state index contributed by atoms with van der Waals surface area (Å²) in [6, 6.07) is 6.80. The number of aryl methyl sites for hydroxylation is 1. The molecule has 0 radical (unpaired) electrons.